The van der Waals surface area contributed by atoms with Gasteiger partial charge in [0.25, 0.3) is 0 Å². The number of ketones is 1. The minimum absolute atomic E-state index is 0.0308. The number of carboxylic acids is 1. The van der Waals surface area contributed by atoms with E-state index in [2.05, 4.69) is 4.98 Å². The number of hydrogen-bond donors (Lipinski definition) is 2. The first-order valence-corrected chi connectivity index (χ1v) is 6.57. The highest BCUT2D eigenvalue weighted by atomic mass is 16.4. The van der Waals surface area contributed by atoms with E-state index in [4.69, 9.17) is 0 Å². The van der Waals surface area contributed by atoms with Crippen LogP contribution in [-0.2, 0) is 6.42 Å². The molecule has 2 N–H and O–H groups in total. The summed E-state index contributed by atoms with van der Waals surface area (Å²) in [5.74, 6) is -1.02. The summed E-state index contributed by atoms with van der Waals surface area (Å²) in [6, 6.07) is 14.0. The summed E-state index contributed by atoms with van der Waals surface area (Å²) in [5, 5.41) is 9.88. The van der Waals surface area contributed by atoms with Crippen molar-refractivity contribution < 1.29 is 14.7 Å². The monoisotopic (exact) mass is 279 g/mol. The van der Waals surface area contributed by atoms with E-state index < -0.39 is 5.97 Å². The average Bonchev–Trinajstić information content (AvgIpc) is 2.91. The van der Waals surface area contributed by atoms with Crippen molar-refractivity contribution in [2.45, 2.75) is 6.42 Å². The summed E-state index contributed by atoms with van der Waals surface area (Å²) >= 11 is 0. The molecule has 0 bridgehead atoms. The van der Waals surface area contributed by atoms with Gasteiger partial charge in [0.05, 0.1) is 5.56 Å². The lowest BCUT2D eigenvalue weighted by molar-refractivity contribution is 0.0698. The van der Waals surface area contributed by atoms with Gasteiger partial charge >= 0.3 is 5.97 Å². The van der Waals surface area contributed by atoms with Crippen molar-refractivity contribution in [1.29, 1.82) is 0 Å². The fourth-order valence-corrected chi connectivity index (χ4v) is 2.47. The van der Waals surface area contributed by atoms with E-state index in [1.54, 1.807) is 36.5 Å². The third kappa shape index (κ3) is 2.43. The first-order valence-electron chi connectivity index (χ1n) is 6.57. The number of carboxylic acid groups (broad SMARTS) is 1. The van der Waals surface area contributed by atoms with Crippen molar-refractivity contribution >= 4 is 22.7 Å². The molecule has 0 aliphatic heterocycles. The van der Waals surface area contributed by atoms with Crippen LogP contribution in [0.4, 0.5) is 0 Å². The van der Waals surface area contributed by atoms with Crippen molar-refractivity contribution in [2.24, 2.45) is 0 Å². The number of aromatic carboxylic acids is 1. The Hall–Kier alpha value is -2.88. The number of H-pyrrole nitrogens is 1. The van der Waals surface area contributed by atoms with E-state index in [1.165, 1.54) is 0 Å². The zero-order valence-corrected chi connectivity index (χ0v) is 11.2. The van der Waals surface area contributed by atoms with Crippen molar-refractivity contribution in [3.8, 4) is 0 Å². The van der Waals surface area contributed by atoms with Crippen LogP contribution in [0, 0.1) is 0 Å². The summed E-state index contributed by atoms with van der Waals surface area (Å²) in [6.07, 6.45) is 1.88. The van der Waals surface area contributed by atoms with Gasteiger partial charge in [0.2, 0.25) is 0 Å². The minimum atomic E-state index is -0.992. The normalized spacial score (nSPS) is 10.7. The Morgan fingerprint density at radius 1 is 1.00 bits per heavy atom. The summed E-state index contributed by atoms with van der Waals surface area (Å²) in [4.78, 5) is 26.6. The van der Waals surface area contributed by atoms with Gasteiger partial charge in [0, 0.05) is 29.1 Å². The first-order chi connectivity index (χ1) is 10.2. The Bertz CT molecular complexity index is 818. The number of carbonyl (C=O) groups is 2. The number of aromatic amines is 1. The maximum Gasteiger partial charge on any atom is 0.336 e. The fraction of sp³-hybridized carbons (Fsp3) is 0.0588. The number of benzene rings is 2. The summed E-state index contributed by atoms with van der Waals surface area (Å²) in [5.41, 5.74) is 2.27. The SMILES string of the molecule is O=C(Cc1c[nH]c2cccc(C(=O)O)c12)c1ccccc1. The molecule has 0 unspecified atom stereocenters. The third-order valence-electron chi connectivity index (χ3n) is 3.46. The number of rotatable bonds is 4. The Balaban J connectivity index is 2.02. The molecule has 0 fully saturated rings. The molecule has 2 aromatic carbocycles. The van der Waals surface area contributed by atoms with E-state index in [-0.39, 0.29) is 17.8 Å². The van der Waals surface area contributed by atoms with E-state index >= 15 is 0 Å². The molecule has 3 aromatic rings. The van der Waals surface area contributed by atoms with Crippen LogP contribution in [0.3, 0.4) is 0 Å². The summed E-state index contributed by atoms with van der Waals surface area (Å²) < 4.78 is 0. The number of hydrogen-bond acceptors (Lipinski definition) is 2. The second-order valence-electron chi connectivity index (χ2n) is 4.81. The first kappa shape index (κ1) is 13.1. The lowest BCUT2D eigenvalue weighted by Crippen LogP contribution is -2.04. The standard InChI is InChI=1S/C17H13NO3/c19-15(11-5-2-1-3-6-11)9-12-10-18-14-8-4-7-13(16(12)14)17(20)21/h1-8,10,18H,9H2,(H,20,21). The van der Waals surface area contributed by atoms with Crippen LogP contribution in [0.2, 0.25) is 0 Å². The lowest BCUT2D eigenvalue weighted by Gasteiger charge is -2.03. The molecule has 1 aromatic heterocycles. The molecule has 0 amide bonds. The van der Waals surface area contributed by atoms with Gasteiger partial charge in [-0.3, -0.25) is 4.79 Å². The van der Waals surface area contributed by atoms with Crippen molar-refractivity contribution in [3.05, 3.63) is 71.4 Å². The van der Waals surface area contributed by atoms with Gasteiger partial charge in [-0.2, -0.15) is 0 Å². The molecule has 21 heavy (non-hydrogen) atoms. The molecule has 0 saturated heterocycles. The van der Waals surface area contributed by atoms with E-state index in [0.717, 1.165) is 5.52 Å². The molecular formula is C17H13NO3. The molecule has 104 valence electrons. The second-order valence-corrected chi connectivity index (χ2v) is 4.81. The Labute approximate surface area is 121 Å². The summed E-state index contributed by atoms with van der Waals surface area (Å²) in [7, 11) is 0. The van der Waals surface area contributed by atoms with Gasteiger partial charge in [-0.1, -0.05) is 36.4 Å². The quantitative estimate of drug-likeness (QED) is 0.720. The predicted octanol–water partition coefficient (Wildman–Crippen LogP) is 3.29. The maximum absolute atomic E-state index is 12.3. The zero-order chi connectivity index (χ0) is 14.8. The van der Waals surface area contributed by atoms with Crippen LogP contribution < -0.4 is 0 Å². The van der Waals surface area contributed by atoms with Crippen LogP contribution in [0.25, 0.3) is 10.9 Å². The molecule has 1 heterocycles. The molecule has 0 aliphatic carbocycles. The maximum atomic E-state index is 12.3. The average molecular weight is 279 g/mol. The lowest BCUT2D eigenvalue weighted by atomic mass is 10.00. The number of Topliss-reactive ketones (excluding diaryl/α,β-unsaturated/α-hetero) is 1. The van der Waals surface area contributed by atoms with Crippen molar-refractivity contribution in [3.63, 3.8) is 0 Å². The Morgan fingerprint density at radius 3 is 2.48 bits per heavy atom. The molecule has 0 spiro atoms. The summed E-state index contributed by atoms with van der Waals surface area (Å²) in [6.45, 7) is 0. The minimum Gasteiger partial charge on any atom is -0.478 e. The molecular weight excluding hydrogens is 266 g/mol. The molecule has 3 rings (SSSR count). The number of aromatic nitrogens is 1. The molecule has 0 radical (unpaired) electrons. The second kappa shape index (κ2) is 5.25. The van der Waals surface area contributed by atoms with Gasteiger partial charge < -0.3 is 10.1 Å². The Morgan fingerprint density at radius 2 is 1.76 bits per heavy atom. The van der Waals surface area contributed by atoms with E-state index in [0.29, 0.717) is 16.5 Å². The number of carbonyl (C=O) groups excluding carboxylic acids is 1. The molecule has 0 aliphatic rings. The van der Waals surface area contributed by atoms with E-state index in [9.17, 15) is 14.7 Å². The van der Waals surface area contributed by atoms with Crippen LogP contribution in [0.5, 0.6) is 0 Å². The van der Waals surface area contributed by atoms with Gasteiger partial charge in [0.1, 0.15) is 0 Å². The van der Waals surface area contributed by atoms with Crippen molar-refractivity contribution in [1.82, 2.24) is 4.98 Å². The van der Waals surface area contributed by atoms with Crippen LogP contribution in [0.1, 0.15) is 26.3 Å². The number of nitrogens with one attached hydrogen (secondary N) is 1. The smallest absolute Gasteiger partial charge is 0.336 e. The highest BCUT2D eigenvalue weighted by Gasteiger charge is 2.16. The van der Waals surface area contributed by atoms with Gasteiger partial charge in [-0.15, -0.1) is 0 Å². The van der Waals surface area contributed by atoms with E-state index in [1.807, 2.05) is 18.2 Å². The molecule has 0 saturated carbocycles. The highest BCUT2D eigenvalue weighted by Crippen LogP contribution is 2.24. The fourth-order valence-electron chi connectivity index (χ4n) is 2.47. The predicted molar refractivity (Wildman–Crippen MR) is 79.7 cm³/mol. The molecule has 4 nitrogen and oxygen atoms in total. The highest BCUT2D eigenvalue weighted by molar-refractivity contribution is 6.07. The van der Waals surface area contributed by atoms with Gasteiger partial charge in [0.15, 0.2) is 5.78 Å². The third-order valence-corrected chi connectivity index (χ3v) is 3.46. The molecule has 4 heteroatoms. The van der Waals surface area contributed by atoms with Crippen LogP contribution >= 0.6 is 0 Å². The van der Waals surface area contributed by atoms with Crippen LogP contribution in [0.15, 0.2) is 54.7 Å². The topological polar surface area (TPSA) is 70.2 Å². The largest absolute Gasteiger partial charge is 0.478 e. The zero-order valence-electron chi connectivity index (χ0n) is 11.2. The van der Waals surface area contributed by atoms with Gasteiger partial charge in [-0.05, 0) is 17.7 Å². The molecule has 0 atom stereocenters. The number of fused-ring (bicyclic) bond motifs is 1. The van der Waals surface area contributed by atoms with Crippen LogP contribution in [-0.4, -0.2) is 21.8 Å². The van der Waals surface area contributed by atoms with Crippen molar-refractivity contribution in [2.75, 3.05) is 0 Å². The van der Waals surface area contributed by atoms with Gasteiger partial charge in [-0.25, -0.2) is 4.79 Å². The Kier molecular flexibility index (Phi) is 3.28.